The van der Waals surface area contributed by atoms with Gasteiger partial charge in [-0.25, -0.2) is 18.2 Å². The van der Waals surface area contributed by atoms with Gasteiger partial charge in [0.15, 0.2) is 0 Å². The lowest BCUT2D eigenvalue weighted by molar-refractivity contribution is 0.480. The molecule has 3 rings (SSSR count). The predicted molar refractivity (Wildman–Crippen MR) is 109 cm³/mol. The highest BCUT2D eigenvalue weighted by molar-refractivity contribution is 7.92. The number of sulfonamides is 1. The van der Waals surface area contributed by atoms with Gasteiger partial charge in [-0.3, -0.25) is 4.72 Å². The second kappa shape index (κ2) is 8.19. The lowest BCUT2D eigenvalue weighted by Gasteiger charge is -2.12. The molecule has 0 aliphatic rings. The van der Waals surface area contributed by atoms with Crippen molar-refractivity contribution >= 4 is 33.1 Å². The molecule has 144 valence electrons. The zero-order chi connectivity index (χ0) is 21.0. The minimum absolute atomic E-state index is 0.0241. The van der Waals surface area contributed by atoms with E-state index in [4.69, 9.17) is 22.9 Å². The molecule has 9 heteroatoms. The summed E-state index contributed by atoms with van der Waals surface area (Å²) in [5, 5.41) is 9.65. The summed E-state index contributed by atoms with van der Waals surface area (Å²) >= 11 is 5.99. The largest absolute Gasteiger partial charge is 0.456 e. The Hall–Kier alpha value is -3.59. The number of pyridine rings is 1. The third-order valence-electron chi connectivity index (χ3n) is 3.89. The molecule has 0 fully saturated rings. The van der Waals surface area contributed by atoms with Crippen molar-refractivity contribution in [2.75, 3.05) is 4.72 Å². The van der Waals surface area contributed by atoms with Crippen LogP contribution in [0.2, 0.25) is 5.02 Å². The first-order valence-corrected chi connectivity index (χ1v) is 10.0. The molecule has 0 atom stereocenters. The number of rotatable bonds is 5. The molecule has 7 nitrogen and oxygen atoms in total. The van der Waals surface area contributed by atoms with Crippen LogP contribution >= 0.6 is 11.6 Å². The number of halogens is 1. The Bertz CT molecular complexity index is 1280. The van der Waals surface area contributed by atoms with Gasteiger partial charge in [0.25, 0.3) is 10.0 Å². The molecule has 0 radical (unpaired) electrons. The second-order valence-electron chi connectivity index (χ2n) is 5.87. The average molecular weight is 425 g/mol. The van der Waals surface area contributed by atoms with Crippen molar-refractivity contribution in [2.45, 2.75) is 11.8 Å². The van der Waals surface area contributed by atoms with Crippen LogP contribution in [0.15, 0.2) is 59.6 Å². The van der Waals surface area contributed by atoms with Gasteiger partial charge in [-0.2, -0.15) is 5.26 Å². The highest BCUT2D eigenvalue weighted by Crippen LogP contribution is 2.33. The summed E-state index contributed by atoms with van der Waals surface area (Å²) in [6, 6.07) is 13.8. The standard InChI is InChI=1S/C20H13ClN4O3S/c1-13-4-3-9-24-20(13)25-29(26,27)16-6-8-19(14(10-16)12-22)28-15-5-7-18(23-2)17(21)11-15/h3-11H,1H3,(H,24,25). The van der Waals surface area contributed by atoms with Crippen molar-refractivity contribution in [3.8, 4) is 17.6 Å². The van der Waals surface area contributed by atoms with Crippen molar-refractivity contribution in [3.63, 3.8) is 0 Å². The van der Waals surface area contributed by atoms with E-state index < -0.39 is 10.0 Å². The number of ether oxygens (including phenoxy) is 1. The molecule has 0 amide bonds. The smallest absolute Gasteiger partial charge is 0.263 e. The first-order valence-electron chi connectivity index (χ1n) is 8.17. The van der Waals surface area contributed by atoms with Crippen molar-refractivity contribution in [1.82, 2.24) is 4.98 Å². The van der Waals surface area contributed by atoms with E-state index in [1.807, 2.05) is 6.07 Å². The molecule has 0 aliphatic carbocycles. The van der Waals surface area contributed by atoms with Crippen molar-refractivity contribution in [3.05, 3.63) is 82.3 Å². The number of hydrogen-bond acceptors (Lipinski definition) is 5. The number of nitriles is 1. The van der Waals surface area contributed by atoms with Crippen LogP contribution in [0.3, 0.4) is 0 Å². The quantitative estimate of drug-likeness (QED) is 0.577. The SMILES string of the molecule is [C-]#[N+]c1ccc(Oc2ccc(S(=O)(=O)Nc3ncccc3C)cc2C#N)cc1Cl. The maximum absolute atomic E-state index is 12.7. The van der Waals surface area contributed by atoms with Gasteiger partial charge in [-0.15, -0.1) is 0 Å². The van der Waals surface area contributed by atoms with Crippen molar-refractivity contribution in [2.24, 2.45) is 0 Å². The summed E-state index contributed by atoms with van der Waals surface area (Å²) in [7, 11) is -3.95. The summed E-state index contributed by atoms with van der Waals surface area (Å²) < 4.78 is 33.4. The Morgan fingerprint density at radius 1 is 1.24 bits per heavy atom. The third-order valence-corrected chi connectivity index (χ3v) is 5.53. The van der Waals surface area contributed by atoms with Gasteiger partial charge in [0.2, 0.25) is 5.69 Å². The molecule has 0 bridgehead atoms. The number of aromatic nitrogens is 1. The van der Waals surface area contributed by atoms with Gasteiger partial charge in [0.1, 0.15) is 23.4 Å². The van der Waals surface area contributed by atoms with E-state index in [1.165, 1.54) is 42.6 Å². The minimum atomic E-state index is -3.95. The fraction of sp³-hybridized carbons (Fsp3) is 0.0500. The van der Waals surface area contributed by atoms with Gasteiger partial charge < -0.3 is 4.74 Å². The molecule has 0 saturated carbocycles. The van der Waals surface area contributed by atoms with Crippen LogP contribution in [-0.4, -0.2) is 13.4 Å². The lowest BCUT2D eigenvalue weighted by Crippen LogP contribution is -2.15. The van der Waals surface area contributed by atoms with Crippen LogP contribution in [0.25, 0.3) is 4.85 Å². The van der Waals surface area contributed by atoms with Gasteiger partial charge in [-0.05, 0) is 48.9 Å². The Labute approximate surface area is 173 Å². The predicted octanol–water partition coefficient (Wildman–Crippen LogP) is 5.06. The maximum atomic E-state index is 12.7. The zero-order valence-corrected chi connectivity index (χ0v) is 16.6. The van der Waals surface area contributed by atoms with Crippen LogP contribution < -0.4 is 9.46 Å². The van der Waals surface area contributed by atoms with E-state index >= 15 is 0 Å². The van der Waals surface area contributed by atoms with Crippen LogP contribution in [-0.2, 0) is 10.0 Å². The Balaban J connectivity index is 1.91. The molecular formula is C20H13ClN4O3S. The number of nitrogens with zero attached hydrogens (tertiary/aromatic N) is 3. The lowest BCUT2D eigenvalue weighted by atomic mass is 10.2. The van der Waals surface area contributed by atoms with Gasteiger partial charge in [0, 0.05) is 6.20 Å². The third kappa shape index (κ3) is 4.46. The van der Waals surface area contributed by atoms with Gasteiger partial charge in [0.05, 0.1) is 22.1 Å². The summed E-state index contributed by atoms with van der Waals surface area (Å²) in [4.78, 5) is 7.17. The molecule has 29 heavy (non-hydrogen) atoms. The Morgan fingerprint density at radius 3 is 2.69 bits per heavy atom. The highest BCUT2D eigenvalue weighted by Gasteiger charge is 2.19. The van der Waals surface area contributed by atoms with Crippen LogP contribution in [0.1, 0.15) is 11.1 Å². The van der Waals surface area contributed by atoms with E-state index in [0.29, 0.717) is 11.3 Å². The molecule has 1 heterocycles. The minimum Gasteiger partial charge on any atom is -0.456 e. The summed E-state index contributed by atoms with van der Waals surface area (Å²) in [5.41, 5.74) is 0.962. The molecule has 0 aliphatic heterocycles. The fourth-order valence-electron chi connectivity index (χ4n) is 2.40. The number of nitrogens with one attached hydrogen (secondary N) is 1. The number of hydrogen-bond donors (Lipinski definition) is 1. The van der Waals surface area contributed by atoms with Crippen LogP contribution in [0.5, 0.6) is 11.5 Å². The van der Waals surface area contributed by atoms with Gasteiger partial charge >= 0.3 is 0 Å². The van der Waals surface area contributed by atoms with E-state index in [2.05, 4.69) is 14.6 Å². The molecule has 1 aromatic heterocycles. The first-order chi connectivity index (χ1) is 13.8. The van der Waals surface area contributed by atoms with Gasteiger partial charge in [-0.1, -0.05) is 23.7 Å². The molecule has 0 spiro atoms. The van der Waals surface area contributed by atoms with E-state index in [-0.39, 0.29) is 32.7 Å². The normalized spacial score (nSPS) is 10.6. The zero-order valence-electron chi connectivity index (χ0n) is 15.0. The highest BCUT2D eigenvalue weighted by atomic mass is 35.5. The Kier molecular flexibility index (Phi) is 5.69. The summed E-state index contributed by atoms with van der Waals surface area (Å²) in [6.45, 7) is 8.73. The van der Waals surface area contributed by atoms with E-state index in [9.17, 15) is 13.7 Å². The molecule has 3 aromatic rings. The topological polar surface area (TPSA) is 96.4 Å². The number of aryl methyl sites for hydroxylation is 1. The fourth-order valence-corrected chi connectivity index (χ4v) is 3.72. The first kappa shape index (κ1) is 20.2. The summed E-state index contributed by atoms with van der Waals surface area (Å²) in [5.74, 6) is 0.685. The molecular weight excluding hydrogens is 412 g/mol. The van der Waals surface area contributed by atoms with Crippen LogP contribution in [0.4, 0.5) is 11.5 Å². The Morgan fingerprint density at radius 2 is 2.03 bits per heavy atom. The second-order valence-corrected chi connectivity index (χ2v) is 7.96. The maximum Gasteiger partial charge on any atom is 0.263 e. The molecule has 2 aromatic carbocycles. The number of benzene rings is 2. The number of anilines is 1. The summed E-state index contributed by atoms with van der Waals surface area (Å²) in [6.07, 6.45) is 1.48. The molecule has 0 saturated heterocycles. The van der Waals surface area contributed by atoms with E-state index in [1.54, 1.807) is 19.1 Å². The monoisotopic (exact) mass is 424 g/mol. The van der Waals surface area contributed by atoms with Crippen LogP contribution in [0, 0.1) is 24.8 Å². The average Bonchev–Trinajstić information content (AvgIpc) is 2.70. The molecule has 1 N–H and O–H groups in total. The molecule has 0 unspecified atom stereocenters. The van der Waals surface area contributed by atoms with E-state index in [0.717, 1.165) is 0 Å². The van der Waals surface area contributed by atoms with Crippen molar-refractivity contribution < 1.29 is 13.2 Å². The van der Waals surface area contributed by atoms with Crippen molar-refractivity contribution in [1.29, 1.82) is 5.26 Å².